The fourth-order valence-corrected chi connectivity index (χ4v) is 1.45. The monoisotopic (exact) mass is 190 g/mol. The second-order valence-electron chi connectivity index (χ2n) is 4.46. The van der Waals surface area contributed by atoms with Crippen molar-refractivity contribution in [3.63, 3.8) is 0 Å². The Hall–Kier alpha value is -1.38. The van der Waals surface area contributed by atoms with Crippen LogP contribution < -0.4 is 5.32 Å². The van der Waals surface area contributed by atoms with Crippen molar-refractivity contribution in [2.45, 2.75) is 26.3 Å². The van der Waals surface area contributed by atoms with Crippen LogP contribution in [0.5, 0.6) is 0 Å². The fraction of sp³-hybridized carbons (Fsp3) is 0.455. The number of amides is 1. The first-order valence-electron chi connectivity index (χ1n) is 4.80. The molecule has 1 amide bonds. The van der Waals surface area contributed by atoms with Crippen LogP contribution in [0, 0.1) is 5.41 Å². The van der Waals surface area contributed by atoms with Crippen LogP contribution in [0.1, 0.15) is 30.6 Å². The van der Waals surface area contributed by atoms with Gasteiger partial charge in [-0.05, 0) is 24.0 Å². The van der Waals surface area contributed by atoms with Gasteiger partial charge < -0.3 is 5.32 Å². The molecule has 0 bridgehead atoms. The van der Waals surface area contributed by atoms with Gasteiger partial charge in [0.25, 0.3) is 5.91 Å². The number of hydrogen-bond acceptors (Lipinski definition) is 2. The molecule has 0 spiro atoms. The van der Waals surface area contributed by atoms with E-state index in [4.69, 9.17) is 0 Å². The Kier molecular flexibility index (Phi) is 2.02. The molecule has 1 aliphatic carbocycles. The van der Waals surface area contributed by atoms with Crippen LogP contribution in [0.4, 0.5) is 0 Å². The lowest BCUT2D eigenvalue weighted by Gasteiger charge is -2.05. The molecule has 0 saturated heterocycles. The number of nitrogens with one attached hydrogen (secondary N) is 1. The van der Waals surface area contributed by atoms with Crippen molar-refractivity contribution in [3.8, 4) is 0 Å². The highest BCUT2D eigenvalue weighted by Gasteiger charge is 2.46. The molecule has 1 N–H and O–H groups in total. The summed E-state index contributed by atoms with van der Waals surface area (Å²) in [7, 11) is 0. The zero-order valence-electron chi connectivity index (χ0n) is 8.45. The van der Waals surface area contributed by atoms with Crippen molar-refractivity contribution in [1.29, 1.82) is 0 Å². The number of carbonyl (C=O) groups excluding carboxylic acids is 1. The average Bonchev–Trinajstić information content (AvgIpc) is 2.75. The Morgan fingerprint density at radius 2 is 2.36 bits per heavy atom. The lowest BCUT2D eigenvalue weighted by atomic mass is 10.2. The Balaban J connectivity index is 1.98. The molecule has 74 valence electrons. The minimum absolute atomic E-state index is 0.0197. The zero-order valence-corrected chi connectivity index (χ0v) is 8.45. The first-order valence-corrected chi connectivity index (χ1v) is 4.80. The molecule has 1 aromatic rings. The quantitative estimate of drug-likeness (QED) is 0.769. The number of rotatable bonds is 2. The van der Waals surface area contributed by atoms with Crippen LogP contribution in [-0.4, -0.2) is 16.9 Å². The predicted molar refractivity (Wildman–Crippen MR) is 53.9 cm³/mol. The molecule has 0 aromatic carbocycles. The van der Waals surface area contributed by atoms with Gasteiger partial charge in [0.05, 0.1) is 5.56 Å². The molecule has 0 aliphatic heterocycles. The molecule has 1 unspecified atom stereocenters. The van der Waals surface area contributed by atoms with Gasteiger partial charge in [-0.25, -0.2) is 0 Å². The normalized spacial score (nSPS) is 22.9. The van der Waals surface area contributed by atoms with E-state index in [-0.39, 0.29) is 11.3 Å². The summed E-state index contributed by atoms with van der Waals surface area (Å²) >= 11 is 0. The van der Waals surface area contributed by atoms with Gasteiger partial charge in [-0.3, -0.25) is 9.78 Å². The Morgan fingerprint density at radius 1 is 1.64 bits per heavy atom. The summed E-state index contributed by atoms with van der Waals surface area (Å²) in [5, 5.41) is 2.98. The number of hydrogen-bond donors (Lipinski definition) is 1. The average molecular weight is 190 g/mol. The summed E-state index contributed by atoms with van der Waals surface area (Å²) in [5.74, 6) is -0.0197. The minimum atomic E-state index is -0.0197. The van der Waals surface area contributed by atoms with Crippen LogP contribution in [0.3, 0.4) is 0 Å². The van der Waals surface area contributed by atoms with Crippen molar-refractivity contribution in [1.82, 2.24) is 10.3 Å². The molecule has 14 heavy (non-hydrogen) atoms. The molecule has 2 rings (SSSR count). The molecule has 1 fully saturated rings. The highest BCUT2D eigenvalue weighted by molar-refractivity contribution is 5.94. The van der Waals surface area contributed by atoms with Crippen LogP contribution in [0.2, 0.25) is 0 Å². The molecule has 1 saturated carbocycles. The van der Waals surface area contributed by atoms with Gasteiger partial charge in [0.15, 0.2) is 0 Å². The molecular weight excluding hydrogens is 176 g/mol. The van der Waals surface area contributed by atoms with Crippen LogP contribution in [-0.2, 0) is 0 Å². The highest BCUT2D eigenvalue weighted by atomic mass is 16.1. The van der Waals surface area contributed by atoms with Gasteiger partial charge in [-0.2, -0.15) is 0 Å². The molecule has 3 nitrogen and oxygen atoms in total. The van der Waals surface area contributed by atoms with E-state index >= 15 is 0 Å². The van der Waals surface area contributed by atoms with E-state index < -0.39 is 0 Å². The van der Waals surface area contributed by atoms with E-state index in [9.17, 15) is 4.79 Å². The fourth-order valence-electron chi connectivity index (χ4n) is 1.45. The second-order valence-corrected chi connectivity index (χ2v) is 4.46. The van der Waals surface area contributed by atoms with Crippen molar-refractivity contribution in [2.75, 3.05) is 0 Å². The van der Waals surface area contributed by atoms with E-state index in [1.54, 1.807) is 24.5 Å². The molecule has 0 radical (unpaired) electrons. The summed E-state index contributed by atoms with van der Waals surface area (Å²) in [6, 6.07) is 3.88. The highest BCUT2D eigenvalue weighted by Crippen LogP contribution is 2.44. The Bertz CT molecular complexity index is 346. The van der Waals surface area contributed by atoms with Gasteiger partial charge in [-0.1, -0.05) is 13.8 Å². The topological polar surface area (TPSA) is 42.0 Å². The molecule has 1 atom stereocenters. The first kappa shape index (κ1) is 9.19. The lowest BCUT2D eigenvalue weighted by Crippen LogP contribution is -2.28. The summed E-state index contributed by atoms with van der Waals surface area (Å²) in [6.45, 7) is 4.31. The van der Waals surface area contributed by atoms with Crippen molar-refractivity contribution < 1.29 is 4.79 Å². The van der Waals surface area contributed by atoms with Crippen molar-refractivity contribution in [2.24, 2.45) is 5.41 Å². The van der Waals surface area contributed by atoms with Crippen LogP contribution in [0.15, 0.2) is 24.5 Å². The SMILES string of the molecule is CC1(C)CC1NC(=O)c1cccnc1. The summed E-state index contributed by atoms with van der Waals surface area (Å²) in [4.78, 5) is 15.5. The third-order valence-corrected chi connectivity index (χ3v) is 2.74. The maximum atomic E-state index is 11.6. The summed E-state index contributed by atoms with van der Waals surface area (Å²) in [5.41, 5.74) is 0.910. The van der Waals surface area contributed by atoms with Gasteiger partial charge >= 0.3 is 0 Å². The number of aromatic nitrogens is 1. The third kappa shape index (κ3) is 1.76. The molecule has 1 heterocycles. The Labute approximate surface area is 83.5 Å². The number of nitrogens with zero attached hydrogens (tertiary/aromatic N) is 1. The summed E-state index contributed by atoms with van der Waals surface area (Å²) < 4.78 is 0. The van der Waals surface area contributed by atoms with E-state index in [1.165, 1.54) is 0 Å². The van der Waals surface area contributed by atoms with Gasteiger partial charge in [0.2, 0.25) is 0 Å². The lowest BCUT2D eigenvalue weighted by molar-refractivity contribution is 0.0946. The maximum absolute atomic E-state index is 11.6. The Morgan fingerprint density at radius 3 is 2.86 bits per heavy atom. The van der Waals surface area contributed by atoms with Gasteiger partial charge in [0.1, 0.15) is 0 Å². The van der Waals surface area contributed by atoms with Crippen LogP contribution >= 0.6 is 0 Å². The van der Waals surface area contributed by atoms with E-state index in [0.717, 1.165) is 6.42 Å². The van der Waals surface area contributed by atoms with Crippen molar-refractivity contribution in [3.05, 3.63) is 30.1 Å². The van der Waals surface area contributed by atoms with Gasteiger partial charge in [0, 0.05) is 18.4 Å². The van der Waals surface area contributed by atoms with E-state index in [2.05, 4.69) is 24.1 Å². The number of carbonyl (C=O) groups is 1. The molecular formula is C11H14N2O. The molecule has 1 aliphatic rings. The first-order chi connectivity index (χ1) is 6.59. The zero-order chi connectivity index (χ0) is 10.2. The van der Waals surface area contributed by atoms with Crippen molar-refractivity contribution >= 4 is 5.91 Å². The number of pyridine rings is 1. The molecule has 1 aromatic heterocycles. The van der Waals surface area contributed by atoms with E-state index in [1.807, 2.05) is 0 Å². The second kappa shape index (κ2) is 3.08. The van der Waals surface area contributed by atoms with Gasteiger partial charge in [-0.15, -0.1) is 0 Å². The largest absolute Gasteiger partial charge is 0.349 e. The van der Waals surface area contributed by atoms with Crippen LogP contribution in [0.25, 0.3) is 0 Å². The molecule has 3 heteroatoms. The minimum Gasteiger partial charge on any atom is -0.349 e. The maximum Gasteiger partial charge on any atom is 0.253 e. The smallest absolute Gasteiger partial charge is 0.253 e. The third-order valence-electron chi connectivity index (χ3n) is 2.74. The van der Waals surface area contributed by atoms with E-state index in [0.29, 0.717) is 11.6 Å². The standard InChI is InChI=1S/C11H14N2O/c1-11(2)6-9(11)13-10(14)8-4-3-5-12-7-8/h3-5,7,9H,6H2,1-2H3,(H,13,14). The predicted octanol–water partition coefficient (Wildman–Crippen LogP) is 1.61. The summed E-state index contributed by atoms with van der Waals surface area (Å²) in [6.07, 6.45) is 4.32.